The fourth-order valence-corrected chi connectivity index (χ4v) is 8.90. The van der Waals surface area contributed by atoms with Crippen molar-refractivity contribution in [1.82, 2.24) is 0 Å². The van der Waals surface area contributed by atoms with E-state index in [0.29, 0.717) is 19.3 Å². The van der Waals surface area contributed by atoms with Gasteiger partial charge in [-0.2, -0.15) is 0 Å². The van der Waals surface area contributed by atoms with E-state index >= 15 is 0 Å². The number of hydrogen-bond donors (Lipinski definition) is 0. The largest absolute Gasteiger partial charge is 0.462 e. The summed E-state index contributed by atoms with van der Waals surface area (Å²) in [7, 11) is 0. The molecule has 0 aromatic heterocycles. The van der Waals surface area contributed by atoms with Gasteiger partial charge in [0.05, 0.1) is 0 Å². The Balaban J connectivity index is 4.29. The van der Waals surface area contributed by atoms with E-state index in [1.165, 1.54) is 173 Å². The van der Waals surface area contributed by atoms with Crippen LogP contribution in [0.5, 0.6) is 0 Å². The molecule has 422 valence electrons. The van der Waals surface area contributed by atoms with Gasteiger partial charge >= 0.3 is 17.9 Å². The predicted octanol–water partition coefficient (Wildman–Crippen LogP) is 21.3. The Morgan fingerprint density at radius 2 is 0.521 bits per heavy atom. The summed E-state index contributed by atoms with van der Waals surface area (Å²) in [5.41, 5.74) is 0. The molecule has 0 radical (unpaired) electrons. The Bertz CT molecular complexity index is 1360. The van der Waals surface area contributed by atoms with E-state index in [0.717, 1.165) is 103 Å². The van der Waals surface area contributed by atoms with Crippen molar-refractivity contribution < 1.29 is 28.6 Å². The molecule has 6 heteroatoms. The number of carbonyl (C=O) groups excluding carboxylic acids is 3. The molecule has 0 rings (SSSR count). The van der Waals surface area contributed by atoms with Gasteiger partial charge in [0.25, 0.3) is 0 Å². The van der Waals surface area contributed by atoms with E-state index in [9.17, 15) is 14.4 Å². The number of esters is 3. The molecule has 1 unspecified atom stereocenters. The molecular formula is C67H118O6. The van der Waals surface area contributed by atoms with Crippen molar-refractivity contribution in [2.24, 2.45) is 0 Å². The fraction of sp³-hybridized carbons (Fsp3) is 0.776. The second kappa shape index (κ2) is 61.4. The molecule has 0 aliphatic heterocycles. The summed E-state index contributed by atoms with van der Waals surface area (Å²) in [6.45, 7) is 6.55. The maximum absolute atomic E-state index is 12.9. The summed E-state index contributed by atoms with van der Waals surface area (Å²) < 4.78 is 16.9. The monoisotopic (exact) mass is 1020 g/mol. The normalized spacial score (nSPS) is 12.5. The molecule has 73 heavy (non-hydrogen) atoms. The standard InChI is InChI=1S/C67H118O6/c1-4-7-10-13-16-19-22-25-27-29-30-31-32-33-34-35-36-38-39-42-45-48-51-54-57-60-66(69)72-63-64(62-71-65(68)59-56-53-50-47-44-41-24-21-18-15-12-9-6-3)73-67(70)61-58-55-52-49-46-43-40-37-28-26-23-20-17-14-11-8-5-2/h12,15,17,20-22,24-26,28-30,64H,4-11,13-14,16,18-19,23,27,31-63H2,1-3H3/b15-12-,20-17-,24-21-,25-22-,28-26-,30-29-. The zero-order valence-corrected chi connectivity index (χ0v) is 48.4. The van der Waals surface area contributed by atoms with Gasteiger partial charge in [-0.05, 0) is 109 Å². The van der Waals surface area contributed by atoms with Gasteiger partial charge in [0, 0.05) is 19.3 Å². The molecule has 0 aliphatic rings. The number of carbonyl (C=O) groups is 3. The Hall–Kier alpha value is -3.15. The first-order chi connectivity index (χ1) is 36.0. The predicted molar refractivity (Wildman–Crippen MR) is 316 cm³/mol. The number of unbranched alkanes of at least 4 members (excludes halogenated alkanes) is 34. The van der Waals surface area contributed by atoms with Crippen LogP contribution in [0.2, 0.25) is 0 Å². The van der Waals surface area contributed by atoms with Crippen molar-refractivity contribution >= 4 is 17.9 Å². The van der Waals surface area contributed by atoms with Crippen molar-refractivity contribution in [2.45, 2.75) is 322 Å². The Labute approximate surface area is 453 Å². The van der Waals surface area contributed by atoms with Crippen molar-refractivity contribution in [3.8, 4) is 0 Å². The van der Waals surface area contributed by atoms with Crippen molar-refractivity contribution in [3.05, 3.63) is 72.9 Å². The number of rotatable bonds is 57. The molecule has 0 saturated heterocycles. The van der Waals surface area contributed by atoms with Crippen LogP contribution in [-0.4, -0.2) is 37.2 Å². The minimum Gasteiger partial charge on any atom is -0.462 e. The molecule has 0 bridgehead atoms. The van der Waals surface area contributed by atoms with E-state index in [1.807, 2.05) is 0 Å². The number of hydrogen-bond acceptors (Lipinski definition) is 6. The van der Waals surface area contributed by atoms with Gasteiger partial charge in [-0.25, -0.2) is 0 Å². The van der Waals surface area contributed by atoms with E-state index in [4.69, 9.17) is 14.2 Å². The van der Waals surface area contributed by atoms with Crippen LogP contribution in [0.3, 0.4) is 0 Å². The third-order valence-electron chi connectivity index (χ3n) is 13.6. The number of ether oxygens (including phenoxy) is 3. The molecule has 0 aromatic rings. The zero-order valence-electron chi connectivity index (χ0n) is 48.4. The SMILES string of the molecule is CCC/C=C\C/C=C\CCCCCCCC(=O)OCC(COC(=O)CCCCCCCCCCCCCCC/C=C\C/C=C\CCCCCCC)OC(=O)CCCCCCCCC/C=C\C/C=C\CCCCC. The molecule has 1 atom stereocenters. The molecule has 0 fully saturated rings. The van der Waals surface area contributed by atoms with Gasteiger partial charge in [-0.1, -0.05) is 261 Å². The lowest BCUT2D eigenvalue weighted by molar-refractivity contribution is -0.167. The molecular weight excluding hydrogens is 901 g/mol. The third-order valence-corrected chi connectivity index (χ3v) is 13.6. The number of allylic oxidation sites excluding steroid dienone is 12. The van der Waals surface area contributed by atoms with Gasteiger partial charge < -0.3 is 14.2 Å². The Kier molecular flexibility index (Phi) is 58.7. The van der Waals surface area contributed by atoms with Crippen LogP contribution in [0.25, 0.3) is 0 Å². The van der Waals surface area contributed by atoms with E-state index in [1.54, 1.807) is 0 Å². The first kappa shape index (κ1) is 69.8. The topological polar surface area (TPSA) is 78.9 Å². The maximum atomic E-state index is 12.9. The molecule has 0 spiro atoms. The van der Waals surface area contributed by atoms with Crippen LogP contribution in [0.1, 0.15) is 316 Å². The lowest BCUT2D eigenvalue weighted by atomic mass is 10.0. The highest BCUT2D eigenvalue weighted by Crippen LogP contribution is 2.16. The van der Waals surface area contributed by atoms with Crippen LogP contribution < -0.4 is 0 Å². The van der Waals surface area contributed by atoms with Crippen molar-refractivity contribution in [2.75, 3.05) is 13.2 Å². The highest BCUT2D eigenvalue weighted by Gasteiger charge is 2.19. The quantitative estimate of drug-likeness (QED) is 0.0261. The Morgan fingerprint density at radius 3 is 0.836 bits per heavy atom. The van der Waals surface area contributed by atoms with Gasteiger partial charge in [0.1, 0.15) is 13.2 Å². The summed E-state index contributed by atoms with van der Waals surface area (Å²) in [5, 5.41) is 0. The molecule has 0 aliphatic carbocycles. The fourth-order valence-electron chi connectivity index (χ4n) is 8.90. The van der Waals surface area contributed by atoms with E-state index in [-0.39, 0.29) is 31.1 Å². The first-order valence-electron chi connectivity index (χ1n) is 31.4. The zero-order chi connectivity index (χ0) is 52.9. The van der Waals surface area contributed by atoms with Crippen LogP contribution >= 0.6 is 0 Å². The van der Waals surface area contributed by atoms with Crippen LogP contribution in [0.4, 0.5) is 0 Å². The minimum absolute atomic E-state index is 0.0823. The minimum atomic E-state index is -0.786. The lowest BCUT2D eigenvalue weighted by Crippen LogP contribution is -2.30. The second-order valence-electron chi connectivity index (χ2n) is 21.0. The van der Waals surface area contributed by atoms with Crippen LogP contribution in [0.15, 0.2) is 72.9 Å². The van der Waals surface area contributed by atoms with Gasteiger partial charge in [-0.15, -0.1) is 0 Å². The maximum Gasteiger partial charge on any atom is 0.306 e. The van der Waals surface area contributed by atoms with Gasteiger partial charge in [-0.3, -0.25) is 14.4 Å². The average molecular weight is 1020 g/mol. The smallest absolute Gasteiger partial charge is 0.306 e. The summed E-state index contributed by atoms with van der Waals surface area (Å²) in [6.07, 6.45) is 79.0. The average Bonchev–Trinajstić information content (AvgIpc) is 3.39. The van der Waals surface area contributed by atoms with Gasteiger partial charge in [0.2, 0.25) is 0 Å². The summed E-state index contributed by atoms with van der Waals surface area (Å²) in [6, 6.07) is 0. The van der Waals surface area contributed by atoms with Crippen LogP contribution in [-0.2, 0) is 28.6 Å². The Morgan fingerprint density at radius 1 is 0.274 bits per heavy atom. The van der Waals surface area contributed by atoms with Crippen LogP contribution in [0, 0.1) is 0 Å². The summed E-state index contributed by atoms with van der Waals surface area (Å²) >= 11 is 0. The third kappa shape index (κ3) is 59.6. The molecule has 0 amide bonds. The molecule has 0 aromatic carbocycles. The molecule has 6 nitrogen and oxygen atoms in total. The highest BCUT2D eigenvalue weighted by atomic mass is 16.6. The van der Waals surface area contributed by atoms with E-state index in [2.05, 4.69) is 93.7 Å². The van der Waals surface area contributed by atoms with Crippen molar-refractivity contribution in [3.63, 3.8) is 0 Å². The van der Waals surface area contributed by atoms with Crippen molar-refractivity contribution in [1.29, 1.82) is 0 Å². The first-order valence-corrected chi connectivity index (χ1v) is 31.4. The lowest BCUT2D eigenvalue weighted by Gasteiger charge is -2.18. The van der Waals surface area contributed by atoms with Gasteiger partial charge in [0.15, 0.2) is 6.10 Å². The molecule has 0 heterocycles. The molecule has 0 N–H and O–H groups in total. The molecule has 0 saturated carbocycles. The van der Waals surface area contributed by atoms with E-state index < -0.39 is 6.10 Å². The highest BCUT2D eigenvalue weighted by molar-refractivity contribution is 5.71. The second-order valence-corrected chi connectivity index (χ2v) is 21.0. The summed E-state index contributed by atoms with van der Waals surface area (Å²) in [4.78, 5) is 38.2. The summed E-state index contributed by atoms with van der Waals surface area (Å²) in [5.74, 6) is -0.894.